The van der Waals surface area contributed by atoms with E-state index in [4.69, 9.17) is 4.98 Å². The highest BCUT2D eigenvalue weighted by atomic mass is 19.4. The van der Waals surface area contributed by atoms with Crippen molar-refractivity contribution in [1.82, 2.24) is 14.8 Å². The Hall–Kier alpha value is -2.89. The maximum Gasteiger partial charge on any atom is 0.416 e. The first-order valence-corrected chi connectivity index (χ1v) is 13.5. The second kappa shape index (κ2) is 11.5. The molecule has 0 radical (unpaired) electrons. The van der Waals surface area contributed by atoms with E-state index in [9.17, 15) is 31.4 Å². The summed E-state index contributed by atoms with van der Waals surface area (Å²) in [5, 5.41) is 15.3. The van der Waals surface area contributed by atoms with Gasteiger partial charge in [0, 0.05) is 62.6 Å². The van der Waals surface area contributed by atoms with Crippen molar-refractivity contribution in [2.24, 2.45) is 0 Å². The molecule has 1 atom stereocenters. The number of aryl methyl sites for hydroxylation is 1. The number of fused-ring (bicyclic) bond motifs is 2. The van der Waals surface area contributed by atoms with Gasteiger partial charge in [-0.05, 0) is 61.1 Å². The molecule has 1 aliphatic heterocycles. The molecule has 0 saturated carbocycles. The number of pyridine rings is 1. The first kappa shape index (κ1) is 28.6. The molecule has 0 bridgehead atoms. The van der Waals surface area contributed by atoms with Gasteiger partial charge < -0.3 is 10.4 Å². The van der Waals surface area contributed by atoms with E-state index in [1.54, 1.807) is 0 Å². The first-order valence-electron chi connectivity index (χ1n) is 13.5. The van der Waals surface area contributed by atoms with E-state index in [1.807, 2.05) is 29.2 Å². The topological polar surface area (TPSA) is 51.6 Å². The number of halogens is 6. The van der Waals surface area contributed by atoms with Gasteiger partial charge in [0.05, 0.1) is 22.7 Å². The van der Waals surface area contributed by atoms with Gasteiger partial charge in [0.1, 0.15) is 0 Å². The largest absolute Gasteiger partial charge is 0.416 e. The fraction of sp³-hybridized carbons (Fsp3) is 0.483. The molecule has 11 heteroatoms. The third-order valence-corrected chi connectivity index (χ3v) is 7.67. The molecule has 1 unspecified atom stereocenters. The maximum atomic E-state index is 13.2. The molecule has 5 nitrogen and oxygen atoms in total. The van der Waals surface area contributed by atoms with Crippen molar-refractivity contribution >= 4 is 16.6 Å². The Morgan fingerprint density at radius 3 is 2.15 bits per heavy atom. The van der Waals surface area contributed by atoms with E-state index in [0.717, 1.165) is 60.1 Å². The highest BCUT2D eigenvalue weighted by Crippen LogP contribution is 2.37. The van der Waals surface area contributed by atoms with Crippen molar-refractivity contribution in [3.8, 4) is 0 Å². The average molecular weight is 567 g/mol. The van der Waals surface area contributed by atoms with Gasteiger partial charge in [-0.1, -0.05) is 18.2 Å². The number of aliphatic hydroxyl groups excluding tert-OH is 1. The lowest BCUT2D eigenvalue weighted by atomic mass is 9.92. The Balaban J connectivity index is 1.17. The zero-order chi connectivity index (χ0) is 28.5. The van der Waals surface area contributed by atoms with Gasteiger partial charge in [0.25, 0.3) is 0 Å². The van der Waals surface area contributed by atoms with Gasteiger partial charge in [-0.25, -0.2) is 0 Å². The van der Waals surface area contributed by atoms with E-state index < -0.39 is 29.6 Å². The normalized spacial score (nSPS) is 18.1. The molecule has 2 aliphatic rings. The van der Waals surface area contributed by atoms with Crippen LogP contribution < -0.4 is 5.32 Å². The summed E-state index contributed by atoms with van der Waals surface area (Å²) in [5.74, 6) is 0. The Morgan fingerprint density at radius 2 is 1.48 bits per heavy atom. The lowest BCUT2D eigenvalue weighted by molar-refractivity contribution is -0.143. The predicted molar refractivity (Wildman–Crippen MR) is 141 cm³/mol. The number of aliphatic hydroxyl groups is 1. The van der Waals surface area contributed by atoms with Crippen LogP contribution in [0.3, 0.4) is 0 Å². The molecule has 1 aliphatic carbocycles. The number of anilines is 1. The standard InChI is InChI=1S/C29H32F6N4O/c30-28(31,32)20-13-19(14-21(15-20)29(33,34)35)17-38-9-11-39(12-10-38)18-22(40)16-36-27-23-5-1-3-7-25(23)37-26-8-4-2-6-24(26)27/h1,3,5,7,13-15,22,40H,2,4,6,8-12,16-18H2,(H,36,37). The number of hydrogen-bond acceptors (Lipinski definition) is 5. The summed E-state index contributed by atoms with van der Waals surface area (Å²) < 4.78 is 79.2. The molecule has 0 spiro atoms. The van der Waals surface area contributed by atoms with Crippen LogP contribution in [0.15, 0.2) is 42.5 Å². The molecule has 40 heavy (non-hydrogen) atoms. The Bertz CT molecular complexity index is 1300. The minimum absolute atomic E-state index is 0.00875. The number of nitrogens with one attached hydrogen (secondary N) is 1. The van der Waals surface area contributed by atoms with E-state index >= 15 is 0 Å². The molecule has 2 aromatic carbocycles. The van der Waals surface area contributed by atoms with Gasteiger partial charge >= 0.3 is 12.4 Å². The summed E-state index contributed by atoms with van der Waals surface area (Å²) >= 11 is 0. The molecular formula is C29H32F6N4O. The van der Waals surface area contributed by atoms with Crippen molar-refractivity contribution < 1.29 is 31.4 Å². The molecule has 216 valence electrons. The van der Waals surface area contributed by atoms with Crippen LogP contribution in [0.25, 0.3) is 10.9 Å². The number of rotatable bonds is 7. The molecule has 1 saturated heterocycles. The summed E-state index contributed by atoms with van der Waals surface area (Å²) in [4.78, 5) is 8.75. The molecule has 5 rings (SSSR count). The van der Waals surface area contributed by atoms with Crippen LogP contribution in [0.5, 0.6) is 0 Å². The van der Waals surface area contributed by atoms with Crippen LogP contribution in [-0.2, 0) is 31.7 Å². The zero-order valence-corrected chi connectivity index (χ0v) is 22.0. The van der Waals surface area contributed by atoms with Crippen LogP contribution >= 0.6 is 0 Å². The molecule has 2 N–H and O–H groups in total. The third kappa shape index (κ3) is 6.70. The average Bonchev–Trinajstić information content (AvgIpc) is 2.91. The number of β-amino-alcohol motifs (C(OH)–C–C–N with tert-alkyl or cyclic N) is 1. The van der Waals surface area contributed by atoms with Gasteiger partial charge in [0.15, 0.2) is 0 Å². The van der Waals surface area contributed by atoms with Gasteiger partial charge in [0.2, 0.25) is 0 Å². The summed E-state index contributed by atoms with van der Waals surface area (Å²) in [6.45, 7) is 2.80. The van der Waals surface area contributed by atoms with E-state index in [2.05, 4.69) is 10.2 Å². The van der Waals surface area contributed by atoms with Crippen LogP contribution in [0, 0.1) is 0 Å². The van der Waals surface area contributed by atoms with E-state index in [1.165, 1.54) is 5.56 Å². The summed E-state index contributed by atoms with van der Waals surface area (Å²) in [6.07, 6.45) is -6.27. The molecule has 3 aromatic rings. The Morgan fingerprint density at radius 1 is 0.850 bits per heavy atom. The monoisotopic (exact) mass is 566 g/mol. The summed E-state index contributed by atoms with van der Waals surface area (Å²) in [6, 6.07) is 9.70. The minimum atomic E-state index is -4.86. The molecular weight excluding hydrogens is 534 g/mol. The summed E-state index contributed by atoms with van der Waals surface area (Å²) in [5.41, 5.74) is 1.68. The Kier molecular flexibility index (Phi) is 8.26. The molecule has 1 aromatic heterocycles. The number of aromatic nitrogens is 1. The maximum absolute atomic E-state index is 13.2. The lowest BCUT2D eigenvalue weighted by Crippen LogP contribution is -2.49. The van der Waals surface area contributed by atoms with Crippen LogP contribution in [0.1, 0.15) is 40.8 Å². The van der Waals surface area contributed by atoms with Crippen LogP contribution in [0.4, 0.5) is 32.0 Å². The van der Waals surface area contributed by atoms with E-state index in [-0.39, 0.29) is 18.2 Å². The first-order chi connectivity index (χ1) is 19.0. The van der Waals surface area contributed by atoms with Gasteiger partial charge in [-0.2, -0.15) is 26.3 Å². The number of piperazine rings is 1. The number of hydrogen-bond donors (Lipinski definition) is 2. The SMILES string of the molecule is OC(CNc1c2c(nc3ccccc13)CCCC2)CN1CCN(Cc2cc(C(F)(F)F)cc(C(F)(F)F)c2)CC1. The van der Waals surface area contributed by atoms with Crippen LogP contribution in [-0.4, -0.2) is 65.3 Å². The fourth-order valence-electron chi connectivity index (χ4n) is 5.66. The highest BCUT2D eigenvalue weighted by molar-refractivity contribution is 5.93. The number of para-hydroxylation sites is 1. The van der Waals surface area contributed by atoms with Crippen molar-refractivity contribution in [3.63, 3.8) is 0 Å². The smallest absolute Gasteiger partial charge is 0.390 e. The number of alkyl halides is 6. The molecule has 1 fully saturated rings. The molecule has 0 amide bonds. The van der Waals surface area contributed by atoms with E-state index in [0.29, 0.717) is 39.3 Å². The van der Waals surface area contributed by atoms with Gasteiger partial charge in [-0.15, -0.1) is 0 Å². The third-order valence-electron chi connectivity index (χ3n) is 7.67. The summed E-state index contributed by atoms with van der Waals surface area (Å²) in [7, 11) is 0. The van der Waals surface area contributed by atoms with Crippen molar-refractivity contribution in [1.29, 1.82) is 0 Å². The van der Waals surface area contributed by atoms with Crippen molar-refractivity contribution in [2.45, 2.75) is 50.7 Å². The minimum Gasteiger partial charge on any atom is -0.390 e. The number of nitrogens with zero attached hydrogens (tertiary/aromatic N) is 3. The van der Waals surface area contributed by atoms with Crippen molar-refractivity contribution in [2.75, 3.05) is 44.6 Å². The predicted octanol–water partition coefficient (Wildman–Crippen LogP) is 5.74. The Labute approximate surface area is 228 Å². The number of benzene rings is 2. The second-order valence-electron chi connectivity index (χ2n) is 10.7. The van der Waals surface area contributed by atoms with Crippen LogP contribution in [0.2, 0.25) is 0 Å². The van der Waals surface area contributed by atoms with Crippen molar-refractivity contribution in [3.05, 3.63) is 70.4 Å². The fourth-order valence-corrected chi connectivity index (χ4v) is 5.66. The molecule has 2 heterocycles. The lowest BCUT2D eigenvalue weighted by Gasteiger charge is -2.36. The van der Waals surface area contributed by atoms with Gasteiger partial charge in [-0.3, -0.25) is 14.8 Å². The second-order valence-corrected chi connectivity index (χ2v) is 10.7. The highest BCUT2D eigenvalue weighted by Gasteiger charge is 2.37. The zero-order valence-electron chi connectivity index (χ0n) is 22.0. The quantitative estimate of drug-likeness (QED) is 0.357.